The molecule has 0 fully saturated rings. The van der Waals surface area contributed by atoms with E-state index in [0.29, 0.717) is 17.1 Å². The fourth-order valence-electron chi connectivity index (χ4n) is 5.85. The van der Waals surface area contributed by atoms with E-state index in [9.17, 15) is 14.7 Å². The Morgan fingerprint density at radius 2 is 1.65 bits per heavy atom. The molecule has 1 amide bonds. The first-order valence-electron chi connectivity index (χ1n) is 11.4. The van der Waals surface area contributed by atoms with Gasteiger partial charge in [-0.3, -0.25) is 4.90 Å². The van der Waals surface area contributed by atoms with Gasteiger partial charge >= 0.3 is 12.1 Å². The van der Waals surface area contributed by atoms with E-state index >= 15 is 0 Å². The number of allylic oxidation sites excluding steroid dienone is 2. The molecule has 0 saturated heterocycles. The highest BCUT2D eigenvalue weighted by molar-refractivity contribution is 6.30. The van der Waals surface area contributed by atoms with Gasteiger partial charge in [0.1, 0.15) is 12.6 Å². The van der Waals surface area contributed by atoms with Gasteiger partial charge in [-0.05, 0) is 52.4 Å². The van der Waals surface area contributed by atoms with Crippen molar-refractivity contribution in [3.8, 4) is 11.1 Å². The van der Waals surface area contributed by atoms with E-state index in [2.05, 4.69) is 24.3 Å². The summed E-state index contributed by atoms with van der Waals surface area (Å²) in [6.45, 7) is 0.130. The van der Waals surface area contributed by atoms with Crippen molar-refractivity contribution in [2.45, 2.75) is 24.3 Å². The molecular formula is C28H22ClNO4. The number of anilines is 1. The van der Waals surface area contributed by atoms with Gasteiger partial charge in [-0.25, -0.2) is 9.59 Å². The predicted molar refractivity (Wildman–Crippen MR) is 130 cm³/mol. The fraction of sp³-hybridized carbons (Fsp3) is 0.214. The van der Waals surface area contributed by atoms with E-state index in [1.807, 2.05) is 42.5 Å². The minimum absolute atomic E-state index is 0.0903. The molecule has 1 aliphatic heterocycles. The molecule has 3 aromatic carbocycles. The van der Waals surface area contributed by atoms with Crippen molar-refractivity contribution >= 4 is 29.4 Å². The van der Waals surface area contributed by atoms with Crippen LogP contribution in [0.25, 0.3) is 11.1 Å². The van der Waals surface area contributed by atoms with E-state index in [4.69, 9.17) is 16.3 Å². The highest BCUT2D eigenvalue weighted by Gasteiger charge is 2.48. The Morgan fingerprint density at radius 1 is 0.971 bits per heavy atom. The van der Waals surface area contributed by atoms with Crippen molar-refractivity contribution in [3.05, 3.63) is 101 Å². The smallest absolute Gasteiger partial charge is 0.415 e. The van der Waals surface area contributed by atoms with E-state index in [1.54, 1.807) is 12.1 Å². The Labute approximate surface area is 202 Å². The Hall–Kier alpha value is -3.57. The number of aliphatic carboxylic acids is 1. The van der Waals surface area contributed by atoms with Gasteiger partial charge in [0, 0.05) is 22.8 Å². The van der Waals surface area contributed by atoms with Crippen LogP contribution in [0.15, 0.2) is 78.9 Å². The monoisotopic (exact) mass is 471 g/mol. The summed E-state index contributed by atoms with van der Waals surface area (Å²) in [6.07, 6.45) is 3.94. The summed E-state index contributed by atoms with van der Waals surface area (Å²) in [6, 6.07) is 20.5. The van der Waals surface area contributed by atoms with Crippen LogP contribution in [0.3, 0.4) is 0 Å². The van der Waals surface area contributed by atoms with Gasteiger partial charge in [0.15, 0.2) is 0 Å². The number of benzene rings is 3. The van der Waals surface area contributed by atoms with Gasteiger partial charge < -0.3 is 9.84 Å². The summed E-state index contributed by atoms with van der Waals surface area (Å²) in [5.74, 6) is -1.49. The lowest BCUT2D eigenvalue weighted by atomic mass is 9.78. The number of carboxylic acid groups (broad SMARTS) is 1. The first-order chi connectivity index (χ1) is 16.5. The van der Waals surface area contributed by atoms with Gasteiger partial charge in [-0.1, -0.05) is 72.3 Å². The van der Waals surface area contributed by atoms with E-state index in [1.165, 1.54) is 4.90 Å². The minimum Gasteiger partial charge on any atom is -0.480 e. The SMILES string of the molecule is O=C(O)[C@@H]1[C@@H]2CC=C[C@@H]2c2cc(Cl)ccc2N1C(=O)OCC1c2ccccc2-c2ccccc21. The van der Waals surface area contributed by atoms with Crippen LogP contribution in [0.4, 0.5) is 10.5 Å². The topological polar surface area (TPSA) is 66.8 Å². The van der Waals surface area contributed by atoms with Crippen molar-refractivity contribution < 1.29 is 19.4 Å². The number of hydrogen-bond acceptors (Lipinski definition) is 3. The van der Waals surface area contributed by atoms with E-state index < -0.39 is 18.1 Å². The minimum atomic E-state index is -1.03. The van der Waals surface area contributed by atoms with Crippen LogP contribution in [-0.4, -0.2) is 29.8 Å². The summed E-state index contributed by atoms with van der Waals surface area (Å²) in [7, 11) is 0. The maximum atomic E-state index is 13.5. The number of carbonyl (C=O) groups excluding carboxylic acids is 1. The second-order valence-corrected chi connectivity index (χ2v) is 9.45. The maximum Gasteiger partial charge on any atom is 0.415 e. The molecule has 6 heteroatoms. The van der Waals surface area contributed by atoms with Crippen LogP contribution in [-0.2, 0) is 9.53 Å². The van der Waals surface area contributed by atoms with Crippen molar-refractivity contribution in [2.24, 2.45) is 5.92 Å². The molecule has 3 aliphatic rings. The summed E-state index contributed by atoms with van der Waals surface area (Å²) in [4.78, 5) is 27.2. The zero-order valence-corrected chi connectivity index (χ0v) is 19.0. The van der Waals surface area contributed by atoms with Crippen molar-refractivity contribution in [1.29, 1.82) is 0 Å². The number of halogens is 1. The second kappa shape index (κ2) is 8.03. The average Bonchev–Trinajstić information content (AvgIpc) is 3.45. The first kappa shape index (κ1) is 21.0. The van der Waals surface area contributed by atoms with Gasteiger partial charge in [-0.15, -0.1) is 0 Å². The number of carbonyl (C=O) groups is 2. The second-order valence-electron chi connectivity index (χ2n) is 9.01. The molecule has 0 aromatic heterocycles. The number of rotatable bonds is 3. The Morgan fingerprint density at radius 3 is 2.32 bits per heavy atom. The third-order valence-corrected chi connectivity index (χ3v) is 7.53. The highest BCUT2D eigenvalue weighted by atomic mass is 35.5. The molecule has 1 N–H and O–H groups in total. The Kier molecular flexibility index (Phi) is 4.96. The van der Waals surface area contributed by atoms with Gasteiger partial charge in [0.05, 0.1) is 5.69 Å². The molecule has 0 spiro atoms. The number of amides is 1. The Bertz CT molecular complexity index is 1300. The zero-order chi connectivity index (χ0) is 23.4. The molecule has 0 radical (unpaired) electrons. The number of ether oxygens (including phenoxy) is 1. The molecule has 0 bridgehead atoms. The van der Waals surface area contributed by atoms with Crippen LogP contribution in [0.1, 0.15) is 34.9 Å². The first-order valence-corrected chi connectivity index (χ1v) is 11.8. The van der Waals surface area contributed by atoms with Gasteiger partial charge in [0.25, 0.3) is 0 Å². The maximum absolute atomic E-state index is 13.5. The van der Waals surface area contributed by atoms with Crippen LogP contribution >= 0.6 is 11.6 Å². The van der Waals surface area contributed by atoms with Gasteiger partial charge in [0.2, 0.25) is 0 Å². The normalized spacial score (nSPS) is 22.0. The molecule has 3 atom stereocenters. The molecule has 2 aliphatic carbocycles. The lowest BCUT2D eigenvalue weighted by Gasteiger charge is -2.41. The molecule has 1 heterocycles. The number of nitrogens with zero attached hydrogens (tertiary/aromatic N) is 1. The molecule has 0 unspecified atom stereocenters. The molecule has 34 heavy (non-hydrogen) atoms. The van der Waals surface area contributed by atoms with Crippen molar-refractivity contribution in [3.63, 3.8) is 0 Å². The summed E-state index contributed by atoms with van der Waals surface area (Å²) < 4.78 is 5.87. The summed E-state index contributed by atoms with van der Waals surface area (Å²) in [5, 5.41) is 10.7. The molecule has 6 rings (SSSR count). The lowest BCUT2D eigenvalue weighted by Crippen LogP contribution is -2.53. The molecule has 3 aromatic rings. The third-order valence-electron chi connectivity index (χ3n) is 7.29. The zero-order valence-electron chi connectivity index (χ0n) is 18.2. The lowest BCUT2D eigenvalue weighted by molar-refractivity contribution is -0.140. The van der Waals surface area contributed by atoms with Crippen LogP contribution in [0.5, 0.6) is 0 Å². The Balaban J connectivity index is 1.34. The molecule has 0 saturated carbocycles. The van der Waals surface area contributed by atoms with Crippen molar-refractivity contribution in [2.75, 3.05) is 11.5 Å². The molecule has 5 nitrogen and oxygen atoms in total. The van der Waals surface area contributed by atoms with Crippen molar-refractivity contribution in [1.82, 2.24) is 0 Å². The summed E-state index contributed by atoms with van der Waals surface area (Å²) >= 11 is 6.26. The molecule has 170 valence electrons. The van der Waals surface area contributed by atoms with Crippen LogP contribution in [0.2, 0.25) is 5.02 Å². The molecular weight excluding hydrogens is 450 g/mol. The highest BCUT2D eigenvalue weighted by Crippen LogP contribution is 2.49. The van der Waals surface area contributed by atoms with Crippen LogP contribution < -0.4 is 4.90 Å². The van der Waals surface area contributed by atoms with Crippen LogP contribution in [0, 0.1) is 5.92 Å². The van der Waals surface area contributed by atoms with Gasteiger partial charge in [-0.2, -0.15) is 0 Å². The largest absolute Gasteiger partial charge is 0.480 e. The third kappa shape index (κ3) is 3.15. The number of hydrogen-bond donors (Lipinski definition) is 1. The van der Waals surface area contributed by atoms with E-state index in [-0.39, 0.29) is 24.4 Å². The quantitative estimate of drug-likeness (QED) is 0.460. The number of carboxylic acids is 1. The fourth-order valence-corrected chi connectivity index (χ4v) is 6.03. The summed E-state index contributed by atoms with van der Waals surface area (Å²) in [5.41, 5.74) is 5.90. The average molecular weight is 472 g/mol. The van der Waals surface area contributed by atoms with E-state index in [0.717, 1.165) is 27.8 Å². The standard InChI is InChI=1S/C28H22ClNO4/c29-16-12-13-25-23(14-16)21-10-5-11-22(21)26(27(31)32)30(25)28(33)34-15-24-19-8-3-1-6-17(19)18-7-2-4-9-20(18)24/h1-10,12-14,21-22,24,26H,11,15H2,(H,31,32)/t21-,22+,26-/m0/s1. The number of fused-ring (bicyclic) bond motifs is 6. The predicted octanol–water partition coefficient (Wildman–Crippen LogP) is 6.22.